The van der Waals surface area contributed by atoms with Crippen molar-refractivity contribution < 1.29 is 9.53 Å². The molecule has 3 aliphatic rings. The smallest absolute Gasteiger partial charge is 0.333 e. The molecule has 92 valence electrons. The Morgan fingerprint density at radius 2 is 2.29 bits per heavy atom. The third kappa shape index (κ3) is 1.09. The molecule has 0 N–H and O–H groups in total. The van der Waals surface area contributed by atoms with Crippen molar-refractivity contribution in [2.75, 3.05) is 7.11 Å². The van der Waals surface area contributed by atoms with Crippen molar-refractivity contribution in [2.24, 2.45) is 22.7 Å². The normalized spacial score (nSPS) is 46.6. The number of rotatable bonds is 1. The van der Waals surface area contributed by atoms with Crippen LogP contribution < -0.4 is 0 Å². The van der Waals surface area contributed by atoms with Crippen molar-refractivity contribution in [2.45, 2.75) is 33.1 Å². The van der Waals surface area contributed by atoms with E-state index in [-0.39, 0.29) is 16.8 Å². The monoisotopic (exact) mass is 232 g/mol. The van der Waals surface area contributed by atoms with Crippen molar-refractivity contribution >= 4 is 5.97 Å². The lowest BCUT2D eigenvalue weighted by molar-refractivity contribution is -0.137. The molecule has 0 heterocycles. The van der Waals surface area contributed by atoms with Gasteiger partial charge in [0.2, 0.25) is 0 Å². The molecule has 1 saturated carbocycles. The summed E-state index contributed by atoms with van der Waals surface area (Å²) in [5.41, 5.74) is 1.35. The van der Waals surface area contributed by atoms with Crippen LogP contribution in [-0.2, 0) is 9.53 Å². The first kappa shape index (κ1) is 11.1. The molecule has 0 aliphatic heterocycles. The lowest BCUT2D eigenvalue weighted by atomic mass is 9.61. The van der Waals surface area contributed by atoms with Crippen LogP contribution in [0, 0.1) is 22.7 Å². The number of allylic oxidation sites excluding steroid dienone is 3. The SMILES string of the molecule is COC(=O)C1=C[C@]2(C)CC[C@H]3C=CC[C@]32[C@H]1C. The molecular formula is C15H20O2. The van der Waals surface area contributed by atoms with Crippen molar-refractivity contribution in [3.05, 3.63) is 23.8 Å². The lowest BCUT2D eigenvalue weighted by Crippen LogP contribution is -2.37. The Morgan fingerprint density at radius 3 is 3.00 bits per heavy atom. The van der Waals surface area contributed by atoms with Crippen LogP contribution in [0.3, 0.4) is 0 Å². The maximum absolute atomic E-state index is 11.9. The molecular weight excluding hydrogens is 212 g/mol. The maximum Gasteiger partial charge on any atom is 0.333 e. The van der Waals surface area contributed by atoms with Crippen molar-refractivity contribution in [3.63, 3.8) is 0 Å². The van der Waals surface area contributed by atoms with E-state index in [4.69, 9.17) is 4.74 Å². The molecule has 1 spiro atoms. The largest absolute Gasteiger partial charge is 0.466 e. The van der Waals surface area contributed by atoms with Gasteiger partial charge in [-0.2, -0.15) is 0 Å². The van der Waals surface area contributed by atoms with Crippen LogP contribution in [0.1, 0.15) is 33.1 Å². The molecule has 0 aromatic heterocycles. The number of carbonyl (C=O) groups excluding carboxylic acids is 1. The first-order valence-electron chi connectivity index (χ1n) is 6.53. The van der Waals surface area contributed by atoms with Gasteiger partial charge < -0.3 is 4.74 Å². The van der Waals surface area contributed by atoms with Gasteiger partial charge in [-0.05, 0) is 41.9 Å². The van der Waals surface area contributed by atoms with Gasteiger partial charge in [0.15, 0.2) is 0 Å². The summed E-state index contributed by atoms with van der Waals surface area (Å²) in [6.07, 6.45) is 10.5. The molecule has 0 amide bonds. The Morgan fingerprint density at radius 1 is 1.53 bits per heavy atom. The Kier molecular flexibility index (Phi) is 2.11. The lowest BCUT2D eigenvalue weighted by Gasteiger charge is -2.42. The number of carbonyl (C=O) groups is 1. The highest BCUT2D eigenvalue weighted by molar-refractivity contribution is 5.90. The van der Waals surface area contributed by atoms with Gasteiger partial charge in [-0.1, -0.05) is 32.1 Å². The summed E-state index contributed by atoms with van der Waals surface area (Å²) >= 11 is 0. The fourth-order valence-corrected chi connectivity index (χ4v) is 4.75. The van der Waals surface area contributed by atoms with E-state index in [9.17, 15) is 4.79 Å². The molecule has 17 heavy (non-hydrogen) atoms. The minimum Gasteiger partial charge on any atom is -0.466 e. The molecule has 1 fully saturated rings. The van der Waals surface area contributed by atoms with Gasteiger partial charge in [0.25, 0.3) is 0 Å². The van der Waals surface area contributed by atoms with Crippen LogP contribution in [0.15, 0.2) is 23.8 Å². The quantitative estimate of drug-likeness (QED) is 0.513. The first-order valence-corrected chi connectivity index (χ1v) is 6.53. The predicted molar refractivity (Wildman–Crippen MR) is 66.3 cm³/mol. The molecule has 0 unspecified atom stereocenters. The van der Waals surface area contributed by atoms with Gasteiger partial charge in [-0.15, -0.1) is 0 Å². The summed E-state index contributed by atoms with van der Waals surface area (Å²) < 4.78 is 4.93. The van der Waals surface area contributed by atoms with E-state index in [1.807, 2.05) is 0 Å². The van der Waals surface area contributed by atoms with Gasteiger partial charge in [0, 0.05) is 5.57 Å². The Bertz CT molecular complexity index is 434. The van der Waals surface area contributed by atoms with Crippen molar-refractivity contribution in [1.82, 2.24) is 0 Å². The van der Waals surface area contributed by atoms with E-state index in [1.54, 1.807) is 0 Å². The molecule has 0 radical (unpaired) electrons. The third-order valence-corrected chi connectivity index (χ3v) is 5.66. The summed E-state index contributed by atoms with van der Waals surface area (Å²) in [5, 5.41) is 0. The van der Waals surface area contributed by atoms with Crippen LogP contribution in [0.5, 0.6) is 0 Å². The molecule has 2 nitrogen and oxygen atoms in total. The zero-order chi connectivity index (χ0) is 12.3. The zero-order valence-electron chi connectivity index (χ0n) is 10.8. The minimum atomic E-state index is -0.131. The Labute approximate surface area is 103 Å². The van der Waals surface area contributed by atoms with Crippen LogP contribution in [0.4, 0.5) is 0 Å². The van der Waals surface area contributed by atoms with E-state index in [1.165, 1.54) is 20.0 Å². The van der Waals surface area contributed by atoms with Gasteiger partial charge in [0.05, 0.1) is 7.11 Å². The number of methoxy groups -OCH3 is 1. The van der Waals surface area contributed by atoms with Crippen molar-refractivity contribution in [1.29, 1.82) is 0 Å². The van der Waals surface area contributed by atoms with E-state index >= 15 is 0 Å². The van der Waals surface area contributed by atoms with Crippen molar-refractivity contribution in [3.8, 4) is 0 Å². The molecule has 0 saturated heterocycles. The standard InChI is InChI=1S/C15H20O2/c1-10-12(13(16)17-3)9-14(2)8-6-11-5-4-7-15(10,11)14/h4-5,9-11H,6-8H2,1-3H3/t10-,11+,14-,15-/m0/s1. The summed E-state index contributed by atoms with van der Waals surface area (Å²) in [4.78, 5) is 11.9. The van der Waals surface area contributed by atoms with Gasteiger partial charge in [-0.25, -0.2) is 4.79 Å². The second-order valence-corrected chi connectivity index (χ2v) is 6.05. The first-order chi connectivity index (χ1) is 8.05. The topological polar surface area (TPSA) is 26.3 Å². The summed E-state index contributed by atoms with van der Waals surface area (Å²) in [7, 11) is 1.48. The molecule has 2 heteroatoms. The van der Waals surface area contributed by atoms with Crippen LogP contribution >= 0.6 is 0 Å². The molecule has 4 atom stereocenters. The van der Waals surface area contributed by atoms with E-state index < -0.39 is 0 Å². The zero-order valence-corrected chi connectivity index (χ0v) is 10.8. The molecule has 0 bridgehead atoms. The fraction of sp³-hybridized carbons (Fsp3) is 0.667. The van der Waals surface area contributed by atoms with Crippen LogP contribution in [0.25, 0.3) is 0 Å². The summed E-state index contributed by atoms with van der Waals surface area (Å²) in [6, 6.07) is 0. The Hall–Kier alpha value is -1.05. The second kappa shape index (κ2) is 3.24. The van der Waals surface area contributed by atoms with Crippen LogP contribution in [0.2, 0.25) is 0 Å². The minimum absolute atomic E-state index is 0.131. The third-order valence-electron chi connectivity index (χ3n) is 5.66. The average molecular weight is 232 g/mol. The number of ether oxygens (including phenoxy) is 1. The Balaban J connectivity index is 2.06. The van der Waals surface area contributed by atoms with Crippen LogP contribution in [-0.4, -0.2) is 13.1 Å². The number of hydrogen-bond acceptors (Lipinski definition) is 2. The molecule has 3 aliphatic carbocycles. The molecule has 0 aromatic rings. The van der Waals surface area contributed by atoms with Gasteiger partial charge >= 0.3 is 5.97 Å². The summed E-state index contributed by atoms with van der Waals surface area (Å²) in [5.74, 6) is 0.844. The predicted octanol–water partition coefficient (Wildman–Crippen LogP) is 3.10. The summed E-state index contributed by atoms with van der Waals surface area (Å²) in [6.45, 7) is 4.53. The average Bonchev–Trinajstić information content (AvgIpc) is 2.91. The maximum atomic E-state index is 11.9. The highest BCUT2D eigenvalue weighted by Gasteiger charge is 2.64. The highest BCUT2D eigenvalue weighted by Crippen LogP contribution is 2.70. The van der Waals surface area contributed by atoms with Gasteiger partial charge in [0.1, 0.15) is 0 Å². The van der Waals surface area contributed by atoms with E-state index in [0.29, 0.717) is 11.8 Å². The number of hydrogen-bond donors (Lipinski definition) is 0. The highest BCUT2D eigenvalue weighted by atomic mass is 16.5. The second-order valence-electron chi connectivity index (χ2n) is 6.05. The van der Waals surface area contributed by atoms with E-state index in [0.717, 1.165) is 12.0 Å². The molecule has 3 rings (SSSR count). The molecule has 0 aromatic carbocycles. The number of esters is 1. The van der Waals surface area contributed by atoms with Gasteiger partial charge in [-0.3, -0.25) is 0 Å². The van der Waals surface area contributed by atoms with E-state index in [2.05, 4.69) is 32.1 Å². The fourth-order valence-electron chi connectivity index (χ4n) is 4.75.